The molecule has 4 heteroatoms. The van der Waals surface area contributed by atoms with Gasteiger partial charge in [0.25, 0.3) is 0 Å². The van der Waals surface area contributed by atoms with E-state index in [9.17, 15) is 4.79 Å². The molecule has 0 bridgehead atoms. The van der Waals surface area contributed by atoms with E-state index < -0.39 is 5.91 Å². The fourth-order valence-corrected chi connectivity index (χ4v) is 1.78. The lowest BCUT2D eigenvalue weighted by Crippen LogP contribution is -2.17. The molecule has 4 nitrogen and oxygen atoms in total. The number of nitrogens with two attached hydrogens (primary N) is 1. The summed E-state index contributed by atoms with van der Waals surface area (Å²) in [6, 6.07) is 13.2. The van der Waals surface area contributed by atoms with Gasteiger partial charge in [-0.3, -0.25) is 9.78 Å². The van der Waals surface area contributed by atoms with Gasteiger partial charge >= 0.3 is 0 Å². The zero-order valence-corrected chi connectivity index (χ0v) is 10.7. The molecule has 2 aromatic rings. The minimum atomic E-state index is -0.394. The highest BCUT2D eigenvalue weighted by Crippen LogP contribution is 2.03. The van der Waals surface area contributed by atoms with Crippen LogP contribution in [0.1, 0.15) is 21.6 Å². The maximum atomic E-state index is 10.9. The smallest absolute Gasteiger partial charge is 0.248 e. The Morgan fingerprint density at radius 1 is 1.16 bits per heavy atom. The fraction of sp³-hybridized carbons (Fsp3) is 0.200. The summed E-state index contributed by atoms with van der Waals surface area (Å²) in [6.45, 7) is 1.64. The van der Waals surface area contributed by atoms with Crippen molar-refractivity contribution in [1.29, 1.82) is 0 Å². The Balaban J connectivity index is 1.75. The Kier molecular flexibility index (Phi) is 4.64. The molecule has 2 rings (SSSR count). The summed E-state index contributed by atoms with van der Waals surface area (Å²) in [5.41, 5.74) is 7.94. The van der Waals surface area contributed by atoms with Gasteiger partial charge in [0.15, 0.2) is 0 Å². The SMILES string of the molecule is NC(=O)c1ccc(CNCCc2ccccn2)cc1. The molecule has 0 aliphatic rings. The van der Waals surface area contributed by atoms with Gasteiger partial charge in [0.1, 0.15) is 0 Å². The third-order valence-corrected chi connectivity index (χ3v) is 2.85. The van der Waals surface area contributed by atoms with Gasteiger partial charge in [0.05, 0.1) is 0 Å². The minimum absolute atomic E-state index is 0.394. The molecule has 19 heavy (non-hydrogen) atoms. The lowest BCUT2D eigenvalue weighted by Gasteiger charge is -2.05. The van der Waals surface area contributed by atoms with Crippen LogP contribution in [0.25, 0.3) is 0 Å². The molecular formula is C15H17N3O. The monoisotopic (exact) mass is 255 g/mol. The molecule has 3 N–H and O–H groups in total. The fourth-order valence-electron chi connectivity index (χ4n) is 1.78. The van der Waals surface area contributed by atoms with Crippen molar-refractivity contribution in [3.8, 4) is 0 Å². The first-order chi connectivity index (χ1) is 9.25. The summed E-state index contributed by atoms with van der Waals surface area (Å²) in [5, 5.41) is 3.34. The van der Waals surface area contributed by atoms with Crippen molar-refractivity contribution in [3.05, 3.63) is 65.5 Å². The first kappa shape index (κ1) is 13.2. The van der Waals surface area contributed by atoms with Crippen molar-refractivity contribution in [3.63, 3.8) is 0 Å². The number of hydrogen-bond donors (Lipinski definition) is 2. The van der Waals surface area contributed by atoms with Crippen molar-refractivity contribution < 1.29 is 4.79 Å². The molecule has 1 amide bonds. The summed E-state index contributed by atoms with van der Waals surface area (Å²) < 4.78 is 0. The van der Waals surface area contributed by atoms with Gasteiger partial charge in [-0.1, -0.05) is 18.2 Å². The summed E-state index contributed by atoms with van der Waals surface area (Å²) >= 11 is 0. The average Bonchev–Trinajstić information content (AvgIpc) is 2.45. The molecule has 0 saturated carbocycles. The predicted molar refractivity (Wildman–Crippen MR) is 74.6 cm³/mol. The van der Waals surface area contributed by atoms with Crippen molar-refractivity contribution >= 4 is 5.91 Å². The van der Waals surface area contributed by atoms with E-state index in [2.05, 4.69) is 10.3 Å². The van der Waals surface area contributed by atoms with Crippen LogP contribution in [0, 0.1) is 0 Å². The highest BCUT2D eigenvalue weighted by atomic mass is 16.1. The van der Waals surface area contributed by atoms with Crippen LogP contribution < -0.4 is 11.1 Å². The highest BCUT2D eigenvalue weighted by molar-refractivity contribution is 5.92. The summed E-state index contributed by atoms with van der Waals surface area (Å²) in [6.07, 6.45) is 2.71. The quantitative estimate of drug-likeness (QED) is 0.769. The zero-order valence-electron chi connectivity index (χ0n) is 10.7. The Morgan fingerprint density at radius 2 is 1.95 bits per heavy atom. The normalized spacial score (nSPS) is 10.3. The number of hydrogen-bond acceptors (Lipinski definition) is 3. The third-order valence-electron chi connectivity index (χ3n) is 2.85. The van der Waals surface area contributed by atoms with E-state index in [-0.39, 0.29) is 0 Å². The maximum absolute atomic E-state index is 10.9. The molecule has 0 saturated heterocycles. The topological polar surface area (TPSA) is 68.0 Å². The third kappa shape index (κ3) is 4.19. The van der Waals surface area contributed by atoms with Crippen LogP contribution in [0.5, 0.6) is 0 Å². The van der Waals surface area contributed by atoms with Crippen molar-refractivity contribution in [1.82, 2.24) is 10.3 Å². The number of carbonyl (C=O) groups excluding carboxylic acids is 1. The molecule has 0 spiro atoms. The number of nitrogens with one attached hydrogen (secondary N) is 1. The second-order valence-electron chi connectivity index (χ2n) is 4.31. The highest BCUT2D eigenvalue weighted by Gasteiger charge is 1.99. The van der Waals surface area contributed by atoms with Crippen LogP contribution in [0.2, 0.25) is 0 Å². The molecule has 0 fully saturated rings. The van der Waals surface area contributed by atoms with E-state index in [4.69, 9.17) is 5.73 Å². The van der Waals surface area contributed by atoms with E-state index in [1.54, 1.807) is 18.3 Å². The number of carbonyl (C=O) groups is 1. The molecular weight excluding hydrogens is 238 g/mol. The molecule has 1 aromatic heterocycles. The minimum Gasteiger partial charge on any atom is -0.366 e. The first-order valence-electron chi connectivity index (χ1n) is 6.25. The summed E-state index contributed by atoms with van der Waals surface area (Å²) in [4.78, 5) is 15.2. The summed E-state index contributed by atoms with van der Waals surface area (Å²) in [7, 11) is 0. The molecule has 0 aliphatic carbocycles. The number of aromatic nitrogens is 1. The van der Waals surface area contributed by atoms with Crippen molar-refractivity contribution in [2.75, 3.05) is 6.54 Å². The Hall–Kier alpha value is -2.20. The standard InChI is InChI=1S/C15H17N3O/c16-15(19)13-6-4-12(5-7-13)11-17-10-8-14-3-1-2-9-18-14/h1-7,9,17H,8,10-11H2,(H2,16,19). The van der Waals surface area contributed by atoms with Gasteiger partial charge < -0.3 is 11.1 Å². The Morgan fingerprint density at radius 3 is 2.58 bits per heavy atom. The lowest BCUT2D eigenvalue weighted by atomic mass is 10.1. The molecule has 0 atom stereocenters. The van der Waals surface area contributed by atoms with Gasteiger partial charge in [-0.25, -0.2) is 0 Å². The number of rotatable bonds is 6. The zero-order chi connectivity index (χ0) is 13.5. The lowest BCUT2D eigenvalue weighted by molar-refractivity contribution is 0.100. The van der Waals surface area contributed by atoms with E-state index in [0.29, 0.717) is 5.56 Å². The largest absolute Gasteiger partial charge is 0.366 e. The molecule has 98 valence electrons. The average molecular weight is 255 g/mol. The molecule has 0 unspecified atom stereocenters. The van der Waals surface area contributed by atoms with Gasteiger partial charge in [-0.2, -0.15) is 0 Å². The van der Waals surface area contributed by atoms with Gasteiger partial charge in [0.2, 0.25) is 5.91 Å². The van der Waals surface area contributed by atoms with Crippen LogP contribution in [0.3, 0.4) is 0 Å². The van der Waals surface area contributed by atoms with Crippen LogP contribution in [0.4, 0.5) is 0 Å². The number of benzene rings is 1. The van der Waals surface area contributed by atoms with Crippen LogP contribution >= 0.6 is 0 Å². The van der Waals surface area contributed by atoms with E-state index >= 15 is 0 Å². The van der Waals surface area contributed by atoms with Crippen LogP contribution in [-0.4, -0.2) is 17.4 Å². The van der Waals surface area contributed by atoms with Crippen molar-refractivity contribution in [2.24, 2.45) is 5.73 Å². The predicted octanol–water partition coefficient (Wildman–Crippen LogP) is 1.51. The Labute approximate surface area is 112 Å². The number of amides is 1. The van der Waals surface area contributed by atoms with E-state index in [1.165, 1.54) is 0 Å². The second kappa shape index (κ2) is 6.66. The molecule has 0 radical (unpaired) electrons. The summed E-state index contributed by atoms with van der Waals surface area (Å²) in [5.74, 6) is -0.394. The van der Waals surface area contributed by atoms with Gasteiger partial charge in [-0.15, -0.1) is 0 Å². The van der Waals surface area contributed by atoms with Gasteiger partial charge in [0, 0.05) is 37.0 Å². The first-order valence-corrected chi connectivity index (χ1v) is 6.25. The van der Waals surface area contributed by atoms with Crippen LogP contribution in [0.15, 0.2) is 48.7 Å². The molecule has 1 aromatic carbocycles. The van der Waals surface area contributed by atoms with Gasteiger partial charge in [-0.05, 0) is 29.8 Å². The molecule has 0 aliphatic heterocycles. The second-order valence-corrected chi connectivity index (χ2v) is 4.31. The van der Waals surface area contributed by atoms with E-state index in [1.807, 2.05) is 30.3 Å². The Bertz CT molecular complexity index is 523. The number of primary amides is 1. The number of pyridine rings is 1. The van der Waals surface area contributed by atoms with E-state index in [0.717, 1.165) is 30.8 Å². The van der Waals surface area contributed by atoms with Crippen LogP contribution in [-0.2, 0) is 13.0 Å². The van der Waals surface area contributed by atoms with Crippen molar-refractivity contribution in [2.45, 2.75) is 13.0 Å². The molecule has 1 heterocycles. The maximum Gasteiger partial charge on any atom is 0.248 e. The number of nitrogens with zero attached hydrogens (tertiary/aromatic N) is 1.